The number of hydrogen-bond acceptors (Lipinski definition) is 9. The second kappa shape index (κ2) is 12.6. The lowest BCUT2D eigenvalue weighted by molar-refractivity contribution is -0.118. The van der Waals surface area contributed by atoms with Crippen LogP contribution in [0.15, 0.2) is 35.4 Å². The molecular formula is C36H41F2N7O5. The van der Waals surface area contributed by atoms with E-state index in [0.717, 1.165) is 0 Å². The molecule has 2 amide bonds. The number of ether oxygens (including phenoxy) is 2. The number of hydrogen-bond donors (Lipinski definition) is 1. The van der Waals surface area contributed by atoms with Gasteiger partial charge in [-0.05, 0) is 57.7 Å². The monoisotopic (exact) mass is 689 g/mol. The Balaban J connectivity index is 1.69. The van der Waals surface area contributed by atoms with Gasteiger partial charge in [0, 0.05) is 18.0 Å². The largest absolute Gasteiger partial charge is 0.496 e. The quantitative estimate of drug-likeness (QED) is 0.262. The summed E-state index contributed by atoms with van der Waals surface area (Å²) in [6.45, 7) is 14.8. The lowest BCUT2D eigenvalue weighted by atomic mass is 9.98. The number of benzene rings is 1. The molecule has 1 N–H and O–H groups in total. The molecule has 1 fully saturated rings. The summed E-state index contributed by atoms with van der Waals surface area (Å²) < 4.78 is 44.2. The Hall–Kier alpha value is -5.14. The van der Waals surface area contributed by atoms with Crippen LogP contribution in [0.1, 0.15) is 78.6 Å². The molecule has 1 saturated heterocycles. The summed E-state index contributed by atoms with van der Waals surface area (Å²) in [5, 5.41) is 2.97. The standard InChI is InChI=1S/C36H41F2N7O5/c1-17(2)26-31(27(18(3)4)40-16-39-26)45-32-20(13-22(38)28(41-32)25-21(37)11-10-12-24(25)49-9)30-29(34(45)47)42-33(46)23-15-43(19(5)14-44(23)30)35(48)50-36(6,7)8/h10-13,16-19,23H,14-15H2,1-9H3,(H,42,46)/t19-,23-/m1/s1. The Bertz CT molecular complexity index is 2070. The first-order chi connectivity index (χ1) is 23.5. The molecule has 14 heteroatoms. The van der Waals surface area contributed by atoms with E-state index >= 15 is 8.78 Å². The lowest BCUT2D eigenvalue weighted by Crippen LogP contribution is -2.65. The van der Waals surface area contributed by atoms with Crippen molar-refractivity contribution in [1.82, 2.24) is 24.4 Å². The SMILES string of the molecule is COc1cccc(F)c1-c1nc2c(cc1F)c1c(c(=O)n2-c2c(C(C)C)ncnc2C(C)C)NC(=O)[C@H]2CN(C(=O)OC(C)(C)C)[C@H](C)CN12. The van der Waals surface area contributed by atoms with Crippen LogP contribution in [0.25, 0.3) is 28.0 Å². The molecule has 2 atom stereocenters. The van der Waals surface area contributed by atoms with Crippen molar-refractivity contribution in [3.8, 4) is 22.7 Å². The number of carbonyl (C=O) groups excluding carboxylic acids is 2. The molecule has 0 spiro atoms. The first kappa shape index (κ1) is 34.7. The Kier molecular flexibility index (Phi) is 8.77. The average molecular weight is 690 g/mol. The third kappa shape index (κ3) is 5.79. The molecule has 0 radical (unpaired) electrons. The van der Waals surface area contributed by atoms with Gasteiger partial charge in [0.15, 0.2) is 11.5 Å². The Morgan fingerprint density at radius 2 is 1.66 bits per heavy atom. The molecule has 2 aliphatic heterocycles. The second-order valence-electron chi connectivity index (χ2n) is 14.3. The van der Waals surface area contributed by atoms with Crippen LogP contribution in [0, 0.1) is 11.6 Å². The predicted molar refractivity (Wildman–Crippen MR) is 185 cm³/mol. The number of carbonyl (C=O) groups is 2. The number of rotatable bonds is 5. The normalized spacial score (nSPS) is 17.6. The van der Waals surface area contributed by atoms with E-state index < -0.39 is 46.9 Å². The van der Waals surface area contributed by atoms with Crippen LogP contribution in [0.2, 0.25) is 0 Å². The Morgan fingerprint density at radius 3 is 2.26 bits per heavy atom. The van der Waals surface area contributed by atoms with Gasteiger partial charge in [0.05, 0.1) is 42.0 Å². The summed E-state index contributed by atoms with van der Waals surface area (Å²) in [4.78, 5) is 58.8. The molecule has 264 valence electrons. The number of aromatic nitrogens is 4. The molecule has 12 nitrogen and oxygen atoms in total. The highest BCUT2D eigenvalue weighted by molar-refractivity contribution is 6.10. The highest BCUT2D eigenvalue weighted by Gasteiger charge is 2.45. The van der Waals surface area contributed by atoms with Crippen LogP contribution in [-0.2, 0) is 9.53 Å². The highest BCUT2D eigenvalue weighted by Crippen LogP contribution is 2.43. The molecule has 0 bridgehead atoms. The third-order valence-electron chi connectivity index (χ3n) is 8.91. The molecule has 2 aliphatic rings. The predicted octanol–water partition coefficient (Wildman–Crippen LogP) is 6.14. The van der Waals surface area contributed by atoms with E-state index in [1.54, 1.807) is 25.7 Å². The fraction of sp³-hybridized carbons (Fsp3) is 0.444. The summed E-state index contributed by atoms with van der Waals surface area (Å²) in [7, 11) is 1.34. The highest BCUT2D eigenvalue weighted by atomic mass is 19.1. The zero-order valence-electron chi connectivity index (χ0n) is 29.6. The first-order valence-electron chi connectivity index (χ1n) is 16.6. The van der Waals surface area contributed by atoms with Crippen LogP contribution in [0.3, 0.4) is 0 Å². The van der Waals surface area contributed by atoms with Crippen LogP contribution in [-0.4, -0.2) is 74.3 Å². The van der Waals surface area contributed by atoms with Crippen molar-refractivity contribution >= 4 is 34.4 Å². The number of nitrogens with zero attached hydrogens (tertiary/aromatic N) is 6. The second-order valence-corrected chi connectivity index (χ2v) is 14.3. The summed E-state index contributed by atoms with van der Waals surface area (Å²) in [6, 6.07) is 3.92. The van der Waals surface area contributed by atoms with Crippen molar-refractivity contribution in [3.05, 3.63) is 64.0 Å². The minimum absolute atomic E-state index is 0.00572. The molecule has 3 aromatic heterocycles. The zero-order valence-corrected chi connectivity index (χ0v) is 29.6. The van der Waals surface area contributed by atoms with Crippen molar-refractivity contribution in [2.24, 2.45) is 0 Å². The van der Waals surface area contributed by atoms with Crippen LogP contribution >= 0.6 is 0 Å². The van der Waals surface area contributed by atoms with Crippen molar-refractivity contribution in [1.29, 1.82) is 0 Å². The zero-order chi connectivity index (χ0) is 36.4. The van der Waals surface area contributed by atoms with E-state index in [1.807, 2.05) is 34.6 Å². The van der Waals surface area contributed by atoms with Gasteiger partial charge in [-0.25, -0.2) is 28.5 Å². The van der Waals surface area contributed by atoms with Gasteiger partial charge in [-0.15, -0.1) is 0 Å². The van der Waals surface area contributed by atoms with Gasteiger partial charge in [0.25, 0.3) is 5.56 Å². The average Bonchev–Trinajstić information content (AvgIpc) is 3.03. The minimum Gasteiger partial charge on any atom is -0.496 e. The van der Waals surface area contributed by atoms with E-state index in [1.165, 1.54) is 47.2 Å². The molecule has 4 aromatic rings. The molecule has 6 rings (SSSR count). The number of piperazine rings is 1. The summed E-state index contributed by atoms with van der Waals surface area (Å²) in [6.07, 6.45) is 0.853. The number of anilines is 2. The molecule has 0 aliphatic carbocycles. The number of nitrogens with one attached hydrogen (secondary N) is 1. The Labute approximate surface area is 288 Å². The molecule has 5 heterocycles. The summed E-state index contributed by atoms with van der Waals surface area (Å²) >= 11 is 0. The number of amides is 2. The van der Waals surface area contributed by atoms with Gasteiger partial charge >= 0.3 is 6.09 Å². The van der Waals surface area contributed by atoms with E-state index in [2.05, 4.69) is 15.3 Å². The Morgan fingerprint density at radius 1 is 1.00 bits per heavy atom. The smallest absolute Gasteiger partial charge is 0.410 e. The van der Waals surface area contributed by atoms with Gasteiger partial charge in [0.1, 0.15) is 40.9 Å². The topological polar surface area (TPSA) is 132 Å². The lowest BCUT2D eigenvalue weighted by Gasteiger charge is -2.48. The van der Waals surface area contributed by atoms with Crippen LogP contribution < -0.4 is 20.5 Å². The number of methoxy groups -OCH3 is 1. The maximum Gasteiger partial charge on any atom is 0.410 e. The summed E-state index contributed by atoms with van der Waals surface area (Å²) in [5.74, 6) is -2.48. The summed E-state index contributed by atoms with van der Waals surface area (Å²) in [5.41, 5.74) is -0.411. The maximum absolute atomic E-state index is 16.5. The number of halogens is 2. The van der Waals surface area contributed by atoms with Gasteiger partial charge in [-0.2, -0.15) is 0 Å². The van der Waals surface area contributed by atoms with Gasteiger partial charge in [-0.3, -0.25) is 14.2 Å². The van der Waals surface area contributed by atoms with E-state index in [-0.39, 0.29) is 64.3 Å². The van der Waals surface area contributed by atoms with Crippen LogP contribution in [0.5, 0.6) is 5.75 Å². The fourth-order valence-corrected chi connectivity index (χ4v) is 6.68. The van der Waals surface area contributed by atoms with Gasteiger partial charge in [-0.1, -0.05) is 33.8 Å². The van der Waals surface area contributed by atoms with Crippen molar-refractivity contribution in [2.45, 2.75) is 84.9 Å². The third-order valence-corrected chi connectivity index (χ3v) is 8.91. The first-order valence-corrected chi connectivity index (χ1v) is 16.6. The van der Waals surface area contributed by atoms with Gasteiger partial charge < -0.3 is 24.6 Å². The molecular weight excluding hydrogens is 648 g/mol. The number of pyridine rings is 2. The molecule has 0 saturated carbocycles. The molecule has 50 heavy (non-hydrogen) atoms. The van der Waals surface area contributed by atoms with E-state index in [9.17, 15) is 14.4 Å². The fourth-order valence-electron chi connectivity index (χ4n) is 6.68. The van der Waals surface area contributed by atoms with Crippen molar-refractivity contribution in [2.75, 3.05) is 30.4 Å². The number of fused-ring (bicyclic) bond motifs is 5. The van der Waals surface area contributed by atoms with Crippen LogP contribution in [0.4, 0.5) is 25.0 Å². The minimum atomic E-state index is -0.934. The van der Waals surface area contributed by atoms with E-state index in [4.69, 9.17) is 14.5 Å². The maximum atomic E-state index is 16.5. The van der Waals surface area contributed by atoms with Crippen molar-refractivity contribution < 1.29 is 27.8 Å². The van der Waals surface area contributed by atoms with Gasteiger partial charge in [0.2, 0.25) is 5.91 Å². The molecule has 0 unspecified atom stereocenters. The van der Waals surface area contributed by atoms with E-state index in [0.29, 0.717) is 17.1 Å². The van der Waals surface area contributed by atoms with Crippen molar-refractivity contribution in [3.63, 3.8) is 0 Å². The molecule has 1 aromatic carbocycles.